The average Bonchev–Trinajstić information content (AvgIpc) is 3.13. The molecule has 1 amide bonds. The van der Waals surface area contributed by atoms with Crippen molar-refractivity contribution in [3.05, 3.63) is 29.8 Å². The number of sulfonamides is 1. The van der Waals surface area contributed by atoms with E-state index in [1.54, 1.807) is 0 Å². The number of hydrogen-bond acceptors (Lipinski definition) is 5. The van der Waals surface area contributed by atoms with Gasteiger partial charge in [-0.3, -0.25) is 4.79 Å². The third-order valence-electron chi connectivity index (χ3n) is 4.13. The van der Waals surface area contributed by atoms with E-state index in [9.17, 15) is 18.0 Å². The molecule has 1 heterocycles. The van der Waals surface area contributed by atoms with Crippen LogP contribution < -0.4 is 10.0 Å². The number of amides is 1. The molecule has 9 heteroatoms. The van der Waals surface area contributed by atoms with Gasteiger partial charge in [0.25, 0.3) is 5.91 Å². The van der Waals surface area contributed by atoms with E-state index in [4.69, 9.17) is 9.84 Å². The highest BCUT2D eigenvalue weighted by Crippen LogP contribution is 2.14. The molecule has 8 nitrogen and oxygen atoms in total. The third kappa shape index (κ3) is 5.52. The Hall–Kier alpha value is -1.97. The lowest BCUT2D eigenvalue weighted by molar-refractivity contribution is -0.139. The Labute approximate surface area is 153 Å². The Kier molecular flexibility index (Phi) is 7.13. The number of carbonyl (C=O) groups excluding carboxylic acids is 1. The predicted molar refractivity (Wildman–Crippen MR) is 94.4 cm³/mol. The van der Waals surface area contributed by atoms with Gasteiger partial charge in [-0.1, -0.05) is 13.3 Å². The van der Waals surface area contributed by atoms with Crippen molar-refractivity contribution in [1.82, 2.24) is 10.0 Å². The van der Waals surface area contributed by atoms with Crippen molar-refractivity contribution < 1.29 is 27.9 Å². The van der Waals surface area contributed by atoms with Crippen molar-refractivity contribution in [2.45, 2.75) is 49.6 Å². The quantitative estimate of drug-likeness (QED) is 0.587. The van der Waals surface area contributed by atoms with E-state index in [0.717, 1.165) is 12.8 Å². The van der Waals surface area contributed by atoms with Crippen LogP contribution in [0, 0.1) is 0 Å². The Morgan fingerprint density at radius 1 is 1.31 bits per heavy atom. The second kappa shape index (κ2) is 9.11. The van der Waals surface area contributed by atoms with Gasteiger partial charge in [0.2, 0.25) is 10.0 Å². The summed E-state index contributed by atoms with van der Waals surface area (Å²) in [4.78, 5) is 23.3. The number of aliphatic carboxylic acids is 1. The summed E-state index contributed by atoms with van der Waals surface area (Å²) in [6, 6.07) is 4.40. The van der Waals surface area contributed by atoms with Gasteiger partial charge in [-0.25, -0.2) is 17.9 Å². The maximum atomic E-state index is 12.3. The summed E-state index contributed by atoms with van der Waals surface area (Å²) in [5, 5.41) is 11.5. The number of hydrogen-bond donors (Lipinski definition) is 3. The van der Waals surface area contributed by atoms with Crippen LogP contribution in [-0.2, 0) is 19.6 Å². The van der Waals surface area contributed by atoms with Gasteiger partial charge in [0.15, 0.2) is 0 Å². The zero-order chi connectivity index (χ0) is 19.2. The van der Waals surface area contributed by atoms with Gasteiger partial charge in [0, 0.05) is 18.7 Å². The number of carboxylic acids is 1. The van der Waals surface area contributed by atoms with Crippen LogP contribution in [0.1, 0.15) is 43.0 Å². The number of nitrogens with one attached hydrogen (secondary N) is 2. The fourth-order valence-corrected chi connectivity index (χ4v) is 3.73. The molecule has 0 aromatic heterocycles. The van der Waals surface area contributed by atoms with Crippen LogP contribution in [0.25, 0.3) is 0 Å². The first kappa shape index (κ1) is 20.3. The Morgan fingerprint density at radius 3 is 2.54 bits per heavy atom. The van der Waals surface area contributed by atoms with Gasteiger partial charge < -0.3 is 15.2 Å². The summed E-state index contributed by atoms with van der Waals surface area (Å²) in [6.45, 7) is 2.68. The van der Waals surface area contributed by atoms with Crippen molar-refractivity contribution in [1.29, 1.82) is 0 Å². The molecule has 1 fully saturated rings. The second-order valence-electron chi connectivity index (χ2n) is 6.16. The molecule has 1 aromatic carbocycles. The fourth-order valence-electron chi connectivity index (χ4n) is 2.66. The van der Waals surface area contributed by atoms with Gasteiger partial charge in [0.1, 0.15) is 6.04 Å². The van der Waals surface area contributed by atoms with Crippen molar-refractivity contribution in [2.75, 3.05) is 13.2 Å². The summed E-state index contributed by atoms with van der Waals surface area (Å²) in [6.07, 6.45) is 2.57. The summed E-state index contributed by atoms with van der Waals surface area (Å²) >= 11 is 0. The van der Waals surface area contributed by atoms with E-state index < -0.39 is 27.9 Å². The fraction of sp³-hybridized carbons (Fsp3) is 0.529. The molecule has 0 radical (unpaired) electrons. The lowest BCUT2D eigenvalue weighted by Crippen LogP contribution is -2.40. The summed E-state index contributed by atoms with van der Waals surface area (Å²) in [5.74, 6) is -1.65. The van der Waals surface area contributed by atoms with Crippen LogP contribution >= 0.6 is 0 Å². The predicted octanol–water partition coefficient (Wildman–Crippen LogP) is 1.13. The molecule has 1 saturated heterocycles. The highest BCUT2D eigenvalue weighted by atomic mass is 32.2. The van der Waals surface area contributed by atoms with Gasteiger partial charge >= 0.3 is 5.97 Å². The monoisotopic (exact) mass is 384 g/mol. The van der Waals surface area contributed by atoms with Crippen molar-refractivity contribution in [3.63, 3.8) is 0 Å². The van der Waals surface area contributed by atoms with Crippen LogP contribution in [-0.4, -0.2) is 50.7 Å². The van der Waals surface area contributed by atoms with Crippen LogP contribution in [0.5, 0.6) is 0 Å². The van der Waals surface area contributed by atoms with E-state index >= 15 is 0 Å². The topological polar surface area (TPSA) is 122 Å². The van der Waals surface area contributed by atoms with Gasteiger partial charge in [-0.2, -0.15) is 0 Å². The Bertz CT molecular complexity index is 726. The highest BCUT2D eigenvalue weighted by molar-refractivity contribution is 7.89. The van der Waals surface area contributed by atoms with E-state index in [1.165, 1.54) is 24.3 Å². The zero-order valence-corrected chi connectivity index (χ0v) is 15.4. The molecule has 2 rings (SSSR count). The Morgan fingerprint density at radius 2 is 2.00 bits per heavy atom. The van der Waals surface area contributed by atoms with E-state index in [-0.39, 0.29) is 23.1 Å². The first-order valence-electron chi connectivity index (χ1n) is 8.58. The van der Waals surface area contributed by atoms with Gasteiger partial charge in [-0.15, -0.1) is 0 Å². The molecule has 1 aliphatic heterocycles. The highest BCUT2D eigenvalue weighted by Gasteiger charge is 2.22. The van der Waals surface area contributed by atoms with Crippen LogP contribution in [0.2, 0.25) is 0 Å². The molecule has 0 spiro atoms. The molecule has 2 atom stereocenters. The number of ether oxygens (including phenoxy) is 1. The smallest absolute Gasteiger partial charge is 0.326 e. The normalized spacial score (nSPS) is 18.4. The number of rotatable bonds is 9. The van der Waals surface area contributed by atoms with Crippen molar-refractivity contribution in [3.8, 4) is 0 Å². The molecule has 0 bridgehead atoms. The van der Waals surface area contributed by atoms with Crippen LogP contribution in [0.4, 0.5) is 0 Å². The van der Waals surface area contributed by atoms with Crippen LogP contribution in [0.15, 0.2) is 29.2 Å². The molecule has 0 aliphatic carbocycles. The number of carbonyl (C=O) groups is 2. The van der Waals surface area contributed by atoms with Crippen molar-refractivity contribution >= 4 is 21.9 Å². The largest absolute Gasteiger partial charge is 0.480 e. The third-order valence-corrected chi connectivity index (χ3v) is 5.57. The Balaban J connectivity index is 1.99. The van der Waals surface area contributed by atoms with E-state index in [0.29, 0.717) is 19.4 Å². The SMILES string of the molecule is CCCC(NC(=O)c1ccc(S(=O)(=O)NCC2CCCO2)cc1)C(=O)O. The molecule has 144 valence electrons. The molecule has 1 aromatic rings. The first-order chi connectivity index (χ1) is 12.3. The van der Waals surface area contributed by atoms with Crippen LogP contribution in [0.3, 0.4) is 0 Å². The molecule has 0 saturated carbocycles. The molecule has 26 heavy (non-hydrogen) atoms. The minimum absolute atomic E-state index is 0.0374. The number of carboxylic acid groups (broad SMARTS) is 1. The summed E-state index contributed by atoms with van der Waals surface area (Å²) in [5.41, 5.74) is 0.199. The summed E-state index contributed by atoms with van der Waals surface area (Å²) in [7, 11) is -3.69. The zero-order valence-electron chi connectivity index (χ0n) is 14.6. The number of benzene rings is 1. The average molecular weight is 384 g/mol. The standard InChI is InChI=1S/C17H24N2O6S/c1-2-4-15(17(21)22)19-16(20)12-6-8-14(9-7-12)26(23,24)18-11-13-5-3-10-25-13/h6-9,13,15,18H,2-5,10-11H2,1H3,(H,19,20)(H,21,22). The molecular formula is C17H24N2O6S. The van der Waals surface area contributed by atoms with E-state index in [1.807, 2.05) is 6.92 Å². The lowest BCUT2D eigenvalue weighted by Gasteiger charge is -2.14. The molecule has 1 aliphatic rings. The van der Waals surface area contributed by atoms with E-state index in [2.05, 4.69) is 10.0 Å². The summed E-state index contributed by atoms with van der Waals surface area (Å²) < 4.78 is 32.4. The van der Waals surface area contributed by atoms with Gasteiger partial charge in [-0.05, 0) is 43.5 Å². The molecule has 2 unspecified atom stereocenters. The maximum absolute atomic E-state index is 12.3. The molecular weight excluding hydrogens is 360 g/mol. The first-order valence-corrected chi connectivity index (χ1v) is 10.1. The lowest BCUT2D eigenvalue weighted by atomic mass is 10.1. The second-order valence-corrected chi connectivity index (χ2v) is 7.93. The van der Waals surface area contributed by atoms with Crippen molar-refractivity contribution in [2.24, 2.45) is 0 Å². The maximum Gasteiger partial charge on any atom is 0.326 e. The minimum atomic E-state index is -3.69. The molecule has 3 N–H and O–H groups in total. The minimum Gasteiger partial charge on any atom is -0.480 e. The van der Waals surface area contributed by atoms with Gasteiger partial charge in [0.05, 0.1) is 11.0 Å².